The van der Waals surface area contributed by atoms with Crippen LogP contribution in [-0.2, 0) is 26.2 Å². The molecule has 1 aromatic heterocycles. The summed E-state index contributed by atoms with van der Waals surface area (Å²) in [6, 6.07) is 11.7. The molecule has 0 amide bonds. The molecule has 0 radical (unpaired) electrons. The standard InChI is InChI=1S/C21H21N3O6S/c1-13-6-4-5-7-18(13)20-22-19(30-23-20)12-29-21(26)14(2)24-31(27,28)17-10-8-16(9-11-17)15(3)25/h4-11,14,24H,12H2,1-3H3/t14-/m1/s1. The second-order valence-electron chi connectivity index (χ2n) is 6.86. The first kappa shape index (κ1) is 22.3. The van der Waals surface area contributed by atoms with Crippen LogP contribution in [0.5, 0.6) is 0 Å². The minimum absolute atomic E-state index is 0.0723. The molecule has 31 heavy (non-hydrogen) atoms. The van der Waals surface area contributed by atoms with Crippen molar-refractivity contribution in [3.05, 3.63) is 65.5 Å². The van der Waals surface area contributed by atoms with E-state index in [-0.39, 0.29) is 23.2 Å². The van der Waals surface area contributed by atoms with Gasteiger partial charge >= 0.3 is 5.97 Å². The Hall–Kier alpha value is -3.37. The van der Waals surface area contributed by atoms with Crippen molar-refractivity contribution in [1.82, 2.24) is 14.9 Å². The van der Waals surface area contributed by atoms with Crippen LogP contribution in [0.15, 0.2) is 57.9 Å². The van der Waals surface area contributed by atoms with Crippen LogP contribution in [0.4, 0.5) is 0 Å². The zero-order valence-corrected chi connectivity index (χ0v) is 18.0. The Morgan fingerprint density at radius 1 is 1.13 bits per heavy atom. The van der Waals surface area contributed by atoms with E-state index in [0.717, 1.165) is 11.1 Å². The van der Waals surface area contributed by atoms with Crippen LogP contribution in [0, 0.1) is 6.92 Å². The third kappa shape index (κ3) is 5.41. The van der Waals surface area contributed by atoms with E-state index in [4.69, 9.17) is 9.26 Å². The highest BCUT2D eigenvalue weighted by atomic mass is 32.2. The lowest BCUT2D eigenvalue weighted by Gasteiger charge is -2.13. The van der Waals surface area contributed by atoms with E-state index in [0.29, 0.717) is 11.4 Å². The van der Waals surface area contributed by atoms with Gasteiger partial charge in [-0.1, -0.05) is 41.6 Å². The van der Waals surface area contributed by atoms with Crippen molar-refractivity contribution in [1.29, 1.82) is 0 Å². The lowest BCUT2D eigenvalue weighted by Crippen LogP contribution is -2.39. The fourth-order valence-corrected chi connectivity index (χ4v) is 3.91. The van der Waals surface area contributed by atoms with Crippen LogP contribution in [0.2, 0.25) is 0 Å². The van der Waals surface area contributed by atoms with Gasteiger partial charge in [0.25, 0.3) is 5.89 Å². The maximum atomic E-state index is 12.4. The van der Waals surface area contributed by atoms with Gasteiger partial charge in [-0.2, -0.15) is 9.71 Å². The van der Waals surface area contributed by atoms with Crippen molar-refractivity contribution in [3.63, 3.8) is 0 Å². The van der Waals surface area contributed by atoms with Gasteiger partial charge in [0.15, 0.2) is 12.4 Å². The zero-order chi connectivity index (χ0) is 22.6. The van der Waals surface area contributed by atoms with Gasteiger partial charge in [-0.3, -0.25) is 9.59 Å². The number of esters is 1. The average Bonchev–Trinajstić information content (AvgIpc) is 3.20. The fourth-order valence-electron chi connectivity index (χ4n) is 2.72. The van der Waals surface area contributed by atoms with Crippen molar-refractivity contribution < 1.29 is 27.3 Å². The number of aryl methyl sites for hydroxylation is 1. The van der Waals surface area contributed by atoms with Gasteiger partial charge in [-0.05, 0) is 38.5 Å². The monoisotopic (exact) mass is 443 g/mol. The highest BCUT2D eigenvalue weighted by Gasteiger charge is 2.24. The van der Waals surface area contributed by atoms with Crippen LogP contribution < -0.4 is 4.72 Å². The van der Waals surface area contributed by atoms with E-state index in [9.17, 15) is 18.0 Å². The number of nitrogens with zero attached hydrogens (tertiary/aromatic N) is 2. The summed E-state index contributed by atoms with van der Waals surface area (Å²) in [5.74, 6) is -0.534. The molecule has 2 aromatic carbocycles. The summed E-state index contributed by atoms with van der Waals surface area (Å²) in [5.41, 5.74) is 2.14. The van der Waals surface area contributed by atoms with Gasteiger partial charge in [0.1, 0.15) is 6.04 Å². The number of benzene rings is 2. The third-order valence-corrected chi connectivity index (χ3v) is 6.01. The summed E-state index contributed by atoms with van der Waals surface area (Å²) in [4.78, 5) is 27.7. The summed E-state index contributed by atoms with van der Waals surface area (Å²) in [6.07, 6.45) is 0. The molecule has 1 atom stereocenters. The second kappa shape index (κ2) is 9.19. The molecule has 1 heterocycles. The Morgan fingerprint density at radius 3 is 2.45 bits per heavy atom. The van der Waals surface area contributed by atoms with Crippen molar-refractivity contribution in [2.75, 3.05) is 0 Å². The molecule has 1 N–H and O–H groups in total. The number of nitrogens with one attached hydrogen (secondary N) is 1. The predicted octanol–water partition coefficient (Wildman–Crippen LogP) is 2.66. The molecule has 0 aliphatic heterocycles. The number of ether oxygens (including phenoxy) is 1. The first-order valence-corrected chi connectivity index (χ1v) is 10.8. The first-order valence-electron chi connectivity index (χ1n) is 9.36. The number of aromatic nitrogens is 2. The number of sulfonamides is 1. The van der Waals surface area contributed by atoms with E-state index in [1.54, 1.807) is 0 Å². The summed E-state index contributed by atoms with van der Waals surface area (Å²) in [5, 5.41) is 3.88. The maximum absolute atomic E-state index is 12.4. The Bertz CT molecular complexity index is 1200. The van der Waals surface area contributed by atoms with E-state index >= 15 is 0 Å². The Kier molecular flexibility index (Phi) is 6.62. The minimum atomic E-state index is -3.98. The second-order valence-corrected chi connectivity index (χ2v) is 8.57. The highest BCUT2D eigenvalue weighted by molar-refractivity contribution is 7.89. The number of Topliss-reactive ketones (excluding diaryl/α,β-unsaturated/α-hetero) is 1. The normalized spacial score (nSPS) is 12.4. The SMILES string of the molecule is CC(=O)c1ccc(S(=O)(=O)N[C@H](C)C(=O)OCc2nc(-c3ccccc3C)no2)cc1. The molecule has 0 aliphatic carbocycles. The summed E-state index contributed by atoms with van der Waals surface area (Å²) >= 11 is 0. The number of hydrogen-bond acceptors (Lipinski definition) is 8. The number of hydrogen-bond donors (Lipinski definition) is 1. The molecule has 10 heteroatoms. The number of carbonyl (C=O) groups excluding carboxylic acids is 2. The van der Waals surface area contributed by atoms with E-state index in [1.807, 2.05) is 31.2 Å². The first-order chi connectivity index (χ1) is 14.7. The fraction of sp³-hybridized carbons (Fsp3) is 0.238. The molecule has 0 spiro atoms. The van der Waals surface area contributed by atoms with Gasteiger partial charge in [-0.15, -0.1) is 0 Å². The molecule has 9 nitrogen and oxygen atoms in total. The number of carbonyl (C=O) groups is 2. The molecule has 162 valence electrons. The Balaban J connectivity index is 1.59. The van der Waals surface area contributed by atoms with Crippen LogP contribution in [0.3, 0.4) is 0 Å². The molecular weight excluding hydrogens is 422 g/mol. The Morgan fingerprint density at radius 2 is 1.81 bits per heavy atom. The highest BCUT2D eigenvalue weighted by Crippen LogP contribution is 2.20. The van der Waals surface area contributed by atoms with Gasteiger partial charge in [0.05, 0.1) is 4.90 Å². The molecule has 0 aliphatic rings. The van der Waals surface area contributed by atoms with Crippen molar-refractivity contribution in [2.24, 2.45) is 0 Å². The molecule has 0 unspecified atom stereocenters. The van der Waals surface area contributed by atoms with Crippen LogP contribution in [0.25, 0.3) is 11.4 Å². The zero-order valence-electron chi connectivity index (χ0n) is 17.2. The summed E-state index contributed by atoms with van der Waals surface area (Å²) in [7, 11) is -3.98. The van der Waals surface area contributed by atoms with Crippen LogP contribution in [-0.4, -0.2) is 36.4 Å². The average molecular weight is 443 g/mol. The Labute approximate surface area is 179 Å². The maximum Gasteiger partial charge on any atom is 0.324 e. The van der Waals surface area contributed by atoms with Gasteiger partial charge in [0, 0.05) is 11.1 Å². The smallest absolute Gasteiger partial charge is 0.324 e. The van der Waals surface area contributed by atoms with E-state index in [1.165, 1.54) is 38.1 Å². The predicted molar refractivity (Wildman–Crippen MR) is 110 cm³/mol. The van der Waals surface area contributed by atoms with Gasteiger partial charge in [0.2, 0.25) is 15.8 Å². The summed E-state index contributed by atoms with van der Waals surface area (Å²) < 4.78 is 37.3. The van der Waals surface area contributed by atoms with Crippen molar-refractivity contribution >= 4 is 21.8 Å². The molecule has 3 aromatic rings. The number of ketones is 1. The van der Waals surface area contributed by atoms with Gasteiger partial charge < -0.3 is 9.26 Å². The van der Waals surface area contributed by atoms with Crippen molar-refractivity contribution in [2.45, 2.75) is 38.3 Å². The van der Waals surface area contributed by atoms with Gasteiger partial charge in [-0.25, -0.2) is 8.42 Å². The van der Waals surface area contributed by atoms with Crippen molar-refractivity contribution in [3.8, 4) is 11.4 Å². The quantitative estimate of drug-likeness (QED) is 0.416. The molecular formula is C21H21N3O6S. The third-order valence-electron chi connectivity index (χ3n) is 4.45. The van der Waals surface area contributed by atoms with Crippen LogP contribution >= 0.6 is 0 Å². The molecule has 0 saturated carbocycles. The largest absolute Gasteiger partial charge is 0.454 e. The summed E-state index contributed by atoms with van der Waals surface area (Å²) in [6.45, 7) is 4.35. The minimum Gasteiger partial charge on any atom is -0.454 e. The molecule has 0 saturated heterocycles. The molecule has 0 fully saturated rings. The topological polar surface area (TPSA) is 128 Å². The molecule has 3 rings (SSSR count). The lowest BCUT2D eigenvalue weighted by atomic mass is 10.1. The number of rotatable bonds is 8. The van der Waals surface area contributed by atoms with E-state index in [2.05, 4.69) is 14.9 Å². The van der Waals surface area contributed by atoms with Crippen LogP contribution in [0.1, 0.15) is 35.7 Å². The van der Waals surface area contributed by atoms with E-state index < -0.39 is 22.0 Å². The molecule has 0 bridgehead atoms. The lowest BCUT2D eigenvalue weighted by molar-refractivity contribution is -0.147.